The molecule has 0 bridgehead atoms. The molecule has 0 spiro atoms. The van der Waals surface area contributed by atoms with Gasteiger partial charge >= 0.3 is 0 Å². The minimum absolute atomic E-state index is 0.0146. The van der Waals surface area contributed by atoms with Gasteiger partial charge in [-0.3, -0.25) is 4.57 Å². The minimum atomic E-state index is -2.24. The summed E-state index contributed by atoms with van der Waals surface area (Å²) in [6.45, 7) is 6.07. The third-order valence-electron chi connectivity index (χ3n) is 10.2. The molecule has 3 heterocycles. The van der Waals surface area contributed by atoms with Crippen LogP contribution in [0.1, 0.15) is 41.6 Å². The molecule has 53 heavy (non-hydrogen) atoms. The van der Waals surface area contributed by atoms with E-state index in [1.165, 1.54) is 27.9 Å². The molecule has 8 aromatic rings. The summed E-state index contributed by atoms with van der Waals surface area (Å²) in [6.07, 6.45) is 1.56. The molecule has 0 atom stereocenters. The lowest BCUT2D eigenvalue weighted by atomic mass is 9.80. The average Bonchev–Trinajstić information content (AvgIpc) is 3.73. The summed E-state index contributed by atoms with van der Waals surface area (Å²) < 4.78 is 32.6. The van der Waals surface area contributed by atoms with Gasteiger partial charge in [-0.05, 0) is 94.7 Å². The number of anilines is 3. The van der Waals surface area contributed by atoms with Gasteiger partial charge in [-0.15, -0.1) is 0 Å². The fourth-order valence-electron chi connectivity index (χ4n) is 7.80. The summed E-state index contributed by atoms with van der Waals surface area (Å²) in [5.41, 5.74) is 10.6. The van der Waals surface area contributed by atoms with Crippen LogP contribution in [0.5, 0.6) is 11.5 Å². The van der Waals surface area contributed by atoms with Crippen molar-refractivity contribution in [1.29, 1.82) is 0 Å². The fourth-order valence-corrected chi connectivity index (χ4v) is 7.80. The number of benzene rings is 6. The first-order chi connectivity index (χ1) is 27.0. The van der Waals surface area contributed by atoms with E-state index in [9.17, 15) is 0 Å². The molecule has 5 nitrogen and oxygen atoms in total. The Morgan fingerprint density at radius 2 is 1.43 bits per heavy atom. The molecule has 2 aromatic heterocycles. The highest BCUT2D eigenvalue weighted by atomic mass is 16.5. The highest BCUT2D eigenvalue weighted by Crippen LogP contribution is 2.44. The molecule has 0 saturated heterocycles. The van der Waals surface area contributed by atoms with E-state index in [2.05, 4.69) is 133 Å². The molecule has 260 valence electrons. The van der Waals surface area contributed by atoms with Crippen molar-refractivity contribution in [3.63, 3.8) is 0 Å². The van der Waals surface area contributed by atoms with Crippen molar-refractivity contribution >= 4 is 38.9 Å². The van der Waals surface area contributed by atoms with E-state index in [1.54, 1.807) is 18.3 Å². The maximum absolute atomic E-state index is 8.00. The van der Waals surface area contributed by atoms with Gasteiger partial charge in [-0.1, -0.05) is 106 Å². The van der Waals surface area contributed by atoms with E-state index < -0.39 is 6.85 Å². The largest absolute Gasteiger partial charge is 0.457 e. The van der Waals surface area contributed by atoms with E-state index in [0.717, 1.165) is 39.7 Å². The minimum Gasteiger partial charge on any atom is -0.457 e. The molecule has 9 rings (SSSR count). The molecule has 0 aliphatic carbocycles. The van der Waals surface area contributed by atoms with Crippen LogP contribution in [0.4, 0.5) is 17.1 Å². The third-order valence-corrected chi connectivity index (χ3v) is 10.2. The van der Waals surface area contributed by atoms with E-state index in [-0.39, 0.29) is 11.0 Å². The van der Waals surface area contributed by atoms with Gasteiger partial charge in [0.05, 0.1) is 29.1 Å². The normalized spacial score (nSPS) is 13.9. The van der Waals surface area contributed by atoms with Crippen molar-refractivity contribution in [2.75, 3.05) is 16.5 Å². The van der Waals surface area contributed by atoms with Gasteiger partial charge in [0.1, 0.15) is 17.3 Å². The number of aromatic nitrogens is 2. The zero-order valence-corrected chi connectivity index (χ0v) is 30.1. The Balaban J connectivity index is 1.05. The standard InChI is InChI=1S/C48H42N4O/c1-33-26-27-49-46(28-33)52-42-21-9-8-19-39(42)40-25-24-38(30-45(40)52)53-37-18-13-17-36(29-37)51-32-50(43-22-10-11-23-44(43)51)31-35-16-12-20-41(48(2,3)4)47(35)34-14-6-5-7-15-34/h5-30H,31-32H2,1-4H3/i1D3. The number of nitrogens with zero attached hydrogens (tertiary/aromatic N) is 4. The van der Waals surface area contributed by atoms with Gasteiger partial charge < -0.3 is 14.5 Å². The lowest BCUT2D eigenvalue weighted by Crippen LogP contribution is -2.28. The first kappa shape index (κ1) is 29.3. The van der Waals surface area contributed by atoms with Crippen LogP contribution < -0.4 is 14.5 Å². The molecule has 0 saturated carbocycles. The molecule has 0 amide bonds. The molecule has 1 aliphatic rings. The van der Waals surface area contributed by atoms with E-state index in [1.807, 2.05) is 47.0 Å². The summed E-state index contributed by atoms with van der Waals surface area (Å²) in [6, 6.07) is 51.7. The monoisotopic (exact) mass is 693 g/mol. The number of hydrogen-bond acceptors (Lipinski definition) is 4. The number of para-hydroxylation sites is 3. The number of pyridine rings is 1. The zero-order chi connectivity index (χ0) is 38.6. The van der Waals surface area contributed by atoms with Crippen LogP contribution in [0, 0.1) is 6.85 Å². The summed E-state index contributed by atoms with van der Waals surface area (Å²) in [5.74, 6) is 1.93. The summed E-state index contributed by atoms with van der Waals surface area (Å²) in [7, 11) is 0. The average molecular weight is 694 g/mol. The van der Waals surface area contributed by atoms with E-state index >= 15 is 0 Å². The van der Waals surface area contributed by atoms with Crippen molar-refractivity contribution in [2.45, 2.75) is 39.6 Å². The maximum atomic E-state index is 8.00. The van der Waals surface area contributed by atoms with Gasteiger partial charge in [0, 0.05) is 45.4 Å². The van der Waals surface area contributed by atoms with Crippen molar-refractivity contribution in [3.05, 3.63) is 175 Å². The summed E-state index contributed by atoms with van der Waals surface area (Å²) in [4.78, 5) is 9.42. The van der Waals surface area contributed by atoms with Crippen LogP contribution in [0.25, 0.3) is 38.8 Å². The van der Waals surface area contributed by atoms with Crippen molar-refractivity contribution in [2.24, 2.45) is 0 Å². The topological polar surface area (TPSA) is 33.5 Å². The molecular weight excluding hydrogens is 649 g/mol. The number of fused-ring (bicyclic) bond motifs is 4. The van der Waals surface area contributed by atoms with E-state index in [4.69, 9.17) is 8.85 Å². The second-order valence-corrected chi connectivity index (χ2v) is 14.7. The molecule has 0 radical (unpaired) electrons. The lowest BCUT2D eigenvalue weighted by molar-refractivity contribution is 0.483. The van der Waals surface area contributed by atoms with Crippen LogP contribution in [0.2, 0.25) is 0 Å². The fraction of sp³-hybridized carbons (Fsp3) is 0.146. The Morgan fingerprint density at radius 3 is 2.28 bits per heavy atom. The van der Waals surface area contributed by atoms with Gasteiger partial charge in [0.2, 0.25) is 0 Å². The molecule has 0 N–H and O–H groups in total. The zero-order valence-electron chi connectivity index (χ0n) is 33.1. The number of hydrogen-bond donors (Lipinski definition) is 0. The second kappa shape index (κ2) is 13.0. The van der Waals surface area contributed by atoms with Crippen LogP contribution in [0.15, 0.2) is 158 Å². The Hall–Kier alpha value is -6.33. The predicted octanol–water partition coefficient (Wildman–Crippen LogP) is 12.4. The highest BCUT2D eigenvalue weighted by molar-refractivity contribution is 6.09. The molecule has 6 aromatic carbocycles. The van der Waals surface area contributed by atoms with Gasteiger partial charge in [-0.2, -0.15) is 0 Å². The summed E-state index contributed by atoms with van der Waals surface area (Å²) >= 11 is 0. The van der Waals surface area contributed by atoms with Crippen molar-refractivity contribution in [3.8, 4) is 28.4 Å². The SMILES string of the molecule is [2H]C([2H])([2H])c1ccnc(-n2c3ccccc3c3ccc(Oc4cccc(N5CN(Cc6cccc(C(C)(C)C)c6-c6ccccc6)c6ccccc65)c4)cc32)c1. The first-order valence-electron chi connectivity index (χ1n) is 19.6. The van der Waals surface area contributed by atoms with Gasteiger partial charge in [-0.25, -0.2) is 4.98 Å². The molecule has 0 fully saturated rings. The highest BCUT2D eigenvalue weighted by Gasteiger charge is 2.29. The van der Waals surface area contributed by atoms with Crippen molar-refractivity contribution in [1.82, 2.24) is 9.55 Å². The van der Waals surface area contributed by atoms with Crippen LogP contribution >= 0.6 is 0 Å². The summed E-state index contributed by atoms with van der Waals surface area (Å²) in [5, 5.41) is 2.08. The number of rotatable bonds is 7. The Bertz CT molecular complexity index is 2730. The predicted molar refractivity (Wildman–Crippen MR) is 220 cm³/mol. The smallest absolute Gasteiger partial charge is 0.137 e. The number of aryl methyl sites for hydroxylation is 1. The molecule has 5 heteroatoms. The third kappa shape index (κ3) is 5.98. The first-order valence-corrected chi connectivity index (χ1v) is 18.1. The molecule has 1 aliphatic heterocycles. The van der Waals surface area contributed by atoms with Crippen LogP contribution in [-0.4, -0.2) is 16.2 Å². The second-order valence-electron chi connectivity index (χ2n) is 14.7. The Kier molecular flexibility index (Phi) is 7.19. The maximum Gasteiger partial charge on any atom is 0.137 e. The molecule has 0 unspecified atom stereocenters. The van der Waals surface area contributed by atoms with Gasteiger partial charge in [0.25, 0.3) is 0 Å². The van der Waals surface area contributed by atoms with Crippen molar-refractivity contribution < 1.29 is 8.85 Å². The Labute approximate surface area is 315 Å². The van der Waals surface area contributed by atoms with Crippen LogP contribution in [0.3, 0.4) is 0 Å². The quantitative estimate of drug-likeness (QED) is 0.166. The van der Waals surface area contributed by atoms with Gasteiger partial charge in [0.15, 0.2) is 0 Å². The van der Waals surface area contributed by atoms with E-state index in [0.29, 0.717) is 24.0 Å². The Morgan fingerprint density at radius 1 is 0.679 bits per heavy atom. The van der Waals surface area contributed by atoms with Crippen LogP contribution in [-0.2, 0) is 12.0 Å². The molecular formula is C48H42N4O. The lowest BCUT2D eigenvalue weighted by Gasteiger charge is -2.28. The number of ether oxygens (including phenoxy) is 1.